The number of aryl methyl sites for hydroxylation is 2. The van der Waals surface area contributed by atoms with Crippen molar-refractivity contribution in [2.45, 2.75) is 71.2 Å². The van der Waals surface area contributed by atoms with E-state index in [0.717, 1.165) is 22.3 Å². The van der Waals surface area contributed by atoms with Crippen molar-refractivity contribution in [1.29, 1.82) is 0 Å². The molecule has 10 nitrogen and oxygen atoms in total. The number of hydrogen-bond donors (Lipinski definition) is 5. The van der Waals surface area contributed by atoms with Gasteiger partial charge in [-0.1, -0.05) is 92.7 Å². The molecule has 46 heavy (non-hydrogen) atoms. The zero-order valence-corrected chi connectivity index (χ0v) is 27.2. The van der Waals surface area contributed by atoms with E-state index in [4.69, 9.17) is 4.74 Å². The molecular formula is C36H47N5O5. The summed E-state index contributed by atoms with van der Waals surface area (Å²) in [6.45, 7) is 8.39. The molecule has 3 aromatic rings. The number of nitrogens with zero attached hydrogens (tertiary/aromatic N) is 1. The Morgan fingerprint density at radius 2 is 1.50 bits per heavy atom. The summed E-state index contributed by atoms with van der Waals surface area (Å²) in [5.74, 6) is -0.115. The molecule has 5 N–H and O–H groups in total. The van der Waals surface area contributed by atoms with Crippen LogP contribution in [0.2, 0.25) is 0 Å². The second-order valence-corrected chi connectivity index (χ2v) is 12.3. The van der Waals surface area contributed by atoms with Crippen LogP contribution < -0.4 is 26.2 Å². The smallest absolute Gasteiger partial charge is 0.332 e. The first kappa shape index (κ1) is 34.5. The van der Waals surface area contributed by atoms with Crippen molar-refractivity contribution >= 4 is 17.8 Å². The third-order valence-electron chi connectivity index (χ3n) is 8.23. The van der Waals surface area contributed by atoms with Crippen LogP contribution in [0.15, 0.2) is 78.9 Å². The zero-order valence-electron chi connectivity index (χ0n) is 27.2. The summed E-state index contributed by atoms with van der Waals surface area (Å²) in [7, 11) is 0. The molecule has 4 atom stereocenters. The predicted molar refractivity (Wildman–Crippen MR) is 178 cm³/mol. The summed E-state index contributed by atoms with van der Waals surface area (Å²) in [6.07, 6.45) is 0.0236. The van der Waals surface area contributed by atoms with E-state index in [1.165, 1.54) is 0 Å². The number of aliphatic hydroxyl groups excluding tert-OH is 1. The van der Waals surface area contributed by atoms with Gasteiger partial charge in [-0.25, -0.2) is 10.2 Å². The molecule has 0 saturated carbocycles. The number of nitrogens with one attached hydrogen (secondary N) is 4. The van der Waals surface area contributed by atoms with Crippen LogP contribution in [0.5, 0.6) is 5.75 Å². The molecule has 0 aliphatic carbocycles. The maximum atomic E-state index is 13.8. The number of carbonyl (C=O) groups excluding carboxylic acids is 3. The van der Waals surface area contributed by atoms with E-state index >= 15 is 0 Å². The quantitative estimate of drug-likeness (QED) is 0.175. The van der Waals surface area contributed by atoms with Crippen LogP contribution in [0.25, 0.3) is 0 Å². The molecule has 0 radical (unpaired) electrons. The van der Waals surface area contributed by atoms with Gasteiger partial charge in [0.25, 0.3) is 5.91 Å². The van der Waals surface area contributed by atoms with Crippen LogP contribution in [0.4, 0.5) is 4.79 Å². The van der Waals surface area contributed by atoms with Crippen LogP contribution in [-0.2, 0) is 22.4 Å². The Balaban J connectivity index is 1.52. The number of aliphatic hydroxyl groups is 1. The highest BCUT2D eigenvalue weighted by atomic mass is 16.5. The maximum absolute atomic E-state index is 13.8. The fraction of sp³-hybridized carbons (Fsp3) is 0.417. The fourth-order valence-electron chi connectivity index (χ4n) is 5.96. The van der Waals surface area contributed by atoms with E-state index in [1.807, 2.05) is 107 Å². The van der Waals surface area contributed by atoms with Gasteiger partial charge in [-0.15, -0.1) is 0 Å². The Morgan fingerprint density at radius 3 is 2.09 bits per heavy atom. The second-order valence-electron chi connectivity index (χ2n) is 12.3. The SMILES string of the molecule is Cc1cccc(C)c1OCC(=O)N[C@@H](Cc1ccccc1)[C@@H](O)C[C@H](Cc1ccccc1)NC(=O)[C@H](C(C)C)N1CCNNC1=O. The van der Waals surface area contributed by atoms with Gasteiger partial charge >= 0.3 is 6.03 Å². The molecule has 0 spiro atoms. The van der Waals surface area contributed by atoms with E-state index in [0.29, 0.717) is 31.7 Å². The van der Waals surface area contributed by atoms with Crippen molar-refractivity contribution in [2.75, 3.05) is 19.7 Å². The summed E-state index contributed by atoms with van der Waals surface area (Å²) < 4.78 is 5.90. The number of urea groups is 1. The Labute approximate surface area is 271 Å². The number of rotatable bonds is 15. The minimum absolute atomic E-state index is 0.145. The van der Waals surface area contributed by atoms with Gasteiger partial charge in [0.1, 0.15) is 11.8 Å². The number of amides is 4. The van der Waals surface area contributed by atoms with Crippen molar-refractivity contribution in [3.05, 3.63) is 101 Å². The summed E-state index contributed by atoms with van der Waals surface area (Å²) in [4.78, 5) is 41.2. The largest absolute Gasteiger partial charge is 0.483 e. The van der Waals surface area contributed by atoms with Crippen LogP contribution in [0.1, 0.15) is 42.5 Å². The lowest BCUT2D eigenvalue weighted by Crippen LogP contribution is -2.63. The predicted octanol–water partition coefficient (Wildman–Crippen LogP) is 3.44. The minimum Gasteiger partial charge on any atom is -0.483 e. The van der Waals surface area contributed by atoms with Crippen molar-refractivity contribution in [1.82, 2.24) is 26.4 Å². The van der Waals surface area contributed by atoms with Gasteiger partial charge in [0.2, 0.25) is 5.91 Å². The molecule has 4 amide bonds. The number of para-hydroxylation sites is 1. The Bertz CT molecular complexity index is 1410. The van der Waals surface area contributed by atoms with E-state index in [9.17, 15) is 19.5 Å². The van der Waals surface area contributed by atoms with Gasteiger partial charge < -0.3 is 25.4 Å². The first-order chi connectivity index (χ1) is 22.1. The first-order valence-electron chi connectivity index (χ1n) is 16.0. The third-order valence-corrected chi connectivity index (χ3v) is 8.23. The molecule has 1 fully saturated rings. The molecule has 0 bridgehead atoms. The van der Waals surface area contributed by atoms with Gasteiger partial charge in [0, 0.05) is 19.1 Å². The monoisotopic (exact) mass is 629 g/mol. The highest BCUT2D eigenvalue weighted by molar-refractivity contribution is 5.87. The van der Waals surface area contributed by atoms with E-state index in [1.54, 1.807) is 4.90 Å². The average Bonchev–Trinajstić information content (AvgIpc) is 3.02. The molecule has 1 saturated heterocycles. The number of benzene rings is 3. The Morgan fingerprint density at radius 1 is 0.891 bits per heavy atom. The number of carbonyl (C=O) groups is 3. The molecule has 4 rings (SSSR count). The molecule has 0 unspecified atom stereocenters. The van der Waals surface area contributed by atoms with Gasteiger partial charge in [-0.2, -0.15) is 0 Å². The Kier molecular flexibility index (Phi) is 12.6. The van der Waals surface area contributed by atoms with Gasteiger partial charge in [0.15, 0.2) is 6.61 Å². The lowest BCUT2D eigenvalue weighted by atomic mass is 9.92. The summed E-state index contributed by atoms with van der Waals surface area (Å²) in [5, 5.41) is 17.9. The topological polar surface area (TPSA) is 132 Å². The molecule has 1 aliphatic heterocycles. The van der Waals surface area contributed by atoms with Crippen molar-refractivity contribution < 1.29 is 24.2 Å². The molecule has 246 valence electrons. The average molecular weight is 630 g/mol. The van der Waals surface area contributed by atoms with E-state index in [2.05, 4.69) is 21.5 Å². The molecule has 0 aromatic heterocycles. The lowest BCUT2D eigenvalue weighted by molar-refractivity contribution is -0.128. The highest BCUT2D eigenvalue weighted by Crippen LogP contribution is 2.22. The second kappa shape index (κ2) is 16.8. The number of ether oxygens (including phenoxy) is 1. The molecule has 1 heterocycles. The van der Waals surface area contributed by atoms with Crippen molar-refractivity contribution in [2.24, 2.45) is 5.92 Å². The zero-order chi connectivity index (χ0) is 33.1. The van der Waals surface area contributed by atoms with Crippen LogP contribution >= 0.6 is 0 Å². The summed E-state index contributed by atoms with van der Waals surface area (Å²) in [6, 6.07) is 23.0. The highest BCUT2D eigenvalue weighted by Gasteiger charge is 2.35. The summed E-state index contributed by atoms with van der Waals surface area (Å²) in [5.41, 5.74) is 9.24. The van der Waals surface area contributed by atoms with Crippen LogP contribution in [0, 0.1) is 19.8 Å². The maximum Gasteiger partial charge on any atom is 0.332 e. The minimum atomic E-state index is -1.00. The standard InChI is InChI=1S/C36H47N5O5/c1-24(2)33(41-19-18-37-40-36(41)45)35(44)38-29(20-27-14-7-5-8-15-27)22-31(42)30(21-28-16-9-6-10-17-28)39-32(43)23-46-34-25(3)12-11-13-26(34)4/h5-17,24,29-31,33,37,42H,18-23H2,1-4H3,(H,38,44)(H,39,43)(H,40,45)/t29-,30-,31-,33-/m0/s1. The normalized spacial score (nSPS) is 15.8. The molecule has 3 aromatic carbocycles. The molecular weight excluding hydrogens is 582 g/mol. The molecule has 1 aliphatic rings. The lowest BCUT2D eigenvalue weighted by Gasteiger charge is -2.37. The summed E-state index contributed by atoms with van der Waals surface area (Å²) >= 11 is 0. The number of hydrazine groups is 1. The van der Waals surface area contributed by atoms with E-state index in [-0.39, 0.29) is 36.8 Å². The fourth-order valence-corrected chi connectivity index (χ4v) is 5.96. The van der Waals surface area contributed by atoms with E-state index < -0.39 is 24.2 Å². The van der Waals surface area contributed by atoms with Crippen LogP contribution in [-0.4, -0.2) is 71.8 Å². The van der Waals surface area contributed by atoms with Crippen molar-refractivity contribution in [3.63, 3.8) is 0 Å². The third kappa shape index (κ3) is 9.79. The first-order valence-corrected chi connectivity index (χ1v) is 16.0. The van der Waals surface area contributed by atoms with Gasteiger partial charge in [-0.05, 0) is 61.3 Å². The molecule has 10 heteroatoms. The van der Waals surface area contributed by atoms with Crippen molar-refractivity contribution in [3.8, 4) is 5.75 Å². The van der Waals surface area contributed by atoms with Crippen LogP contribution in [0.3, 0.4) is 0 Å². The van der Waals surface area contributed by atoms with Gasteiger partial charge in [-0.3, -0.25) is 15.0 Å². The van der Waals surface area contributed by atoms with Gasteiger partial charge in [0.05, 0.1) is 12.1 Å². The number of hydrogen-bond acceptors (Lipinski definition) is 6. The Hall–Kier alpha value is -4.41.